The highest BCUT2D eigenvalue weighted by molar-refractivity contribution is 8.13. The maximum atomic E-state index is 13.2. The second-order valence-corrected chi connectivity index (χ2v) is 31.8. The summed E-state index contributed by atoms with van der Waals surface area (Å²) in [7, 11) is 0.922. The number of nitrogens with zero attached hydrogens (tertiary/aromatic N) is 8. The van der Waals surface area contributed by atoms with Gasteiger partial charge in [-0.2, -0.15) is 14.3 Å². The highest BCUT2D eigenvalue weighted by Gasteiger charge is 2.45. The van der Waals surface area contributed by atoms with Crippen LogP contribution in [0.15, 0.2) is 22.4 Å². The minimum atomic E-state index is -4.03. The molecule has 376 valence electrons. The van der Waals surface area contributed by atoms with Crippen LogP contribution in [0.5, 0.6) is 0 Å². The molecule has 2 aromatic carbocycles. The Morgan fingerprint density at radius 2 is 1.30 bits per heavy atom. The summed E-state index contributed by atoms with van der Waals surface area (Å²) in [5, 5.41) is 20.8. The molecule has 69 heavy (non-hydrogen) atoms. The lowest BCUT2D eigenvalue weighted by Crippen LogP contribution is -2.35. The number of anilines is 4. The molecule has 0 radical (unpaired) electrons. The van der Waals surface area contributed by atoms with Gasteiger partial charge in [0, 0.05) is 68.5 Å². The molecule has 0 amide bonds. The zero-order valence-electron chi connectivity index (χ0n) is 41.0. The van der Waals surface area contributed by atoms with Crippen LogP contribution in [0, 0.1) is 11.8 Å². The van der Waals surface area contributed by atoms with Crippen LogP contribution in [-0.2, 0) is 81.9 Å². The number of aromatic amines is 1. The van der Waals surface area contributed by atoms with E-state index in [0.29, 0.717) is 43.6 Å². The SMILES string of the molecule is CN1CCC2CN(S(=O)(=O)c3nc(Nc4c5c(cc6c4CCC6)CCC5)n[nH]3)CC21.CN1CCC2CNCC21.C[Si](C)(C)CCOCn1nc(S(=O)(=O)Cl)nc1Nc1c2c(cc3c1CCC3)CCC2. The Hall–Kier alpha value is -3.47. The number of hydrogen-bond acceptors (Lipinski definition) is 14. The lowest BCUT2D eigenvalue weighted by molar-refractivity contribution is 0.0792. The second kappa shape index (κ2) is 19.9. The average molecular weight is 1020 g/mol. The van der Waals surface area contributed by atoms with Crippen LogP contribution < -0.4 is 16.0 Å². The monoisotopic (exact) mass is 1020 g/mol. The average Bonchev–Trinajstić information content (AvgIpc) is 4.12. The Balaban J connectivity index is 0.000000135. The van der Waals surface area contributed by atoms with Gasteiger partial charge < -0.3 is 30.5 Å². The molecular formula is C48H71ClN12O5S2Si. The first-order valence-electron chi connectivity index (χ1n) is 25.4. The number of rotatable bonds is 12. The van der Waals surface area contributed by atoms with Gasteiger partial charge in [0.25, 0.3) is 29.4 Å². The molecule has 4 atom stereocenters. The summed E-state index contributed by atoms with van der Waals surface area (Å²) in [6.07, 6.45) is 15.7. The molecule has 4 aliphatic carbocycles. The smallest absolute Gasteiger partial charge is 0.298 e. The third-order valence-corrected chi connectivity index (χ3v) is 20.4. The summed E-state index contributed by atoms with van der Waals surface area (Å²) in [4.78, 5) is 13.3. The summed E-state index contributed by atoms with van der Waals surface area (Å²) in [6.45, 7) is 13.5. The van der Waals surface area contributed by atoms with Crippen LogP contribution >= 0.6 is 10.7 Å². The number of benzene rings is 2. The van der Waals surface area contributed by atoms with E-state index in [1.807, 2.05) is 0 Å². The molecule has 4 aliphatic heterocycles. The van der Waals surface area contributed by atoms with Crippen molar-refractivity contribution in [1.29, 1.82) is 0 Å². The molecule has 21 heteroatoms. The quantitative estimate of drug-likeness (QED) is 0.0733. The van der Waals surface area contributed by atoms with Crippen molar-refractivity contribution in [1.82, 2.24) is 49.4 Å². The summed E-state index contributed by atoms with van der Waals surface area (Å²) in [5.74, 6) is 2.09. The standard InChI is InChI=1S/C21H28N6O2S.C20H29ClN4O3SSi.C7H14N2/c1-26-9-8-15-11-27(12-18(15)26)30(28,29)21-23-20(24-25-21)22-19-16-6-2-4-13(16)10-14-5-3-7-17(14)19;1-30(2,3)11-10-28-13-25-19(23-20(24-25)29(21,26)27)22-18-16-8-4-6-14(16)12-15-7-5-9-17(15)18;1-9-3-2-6-4-8-5-7(6)9/h10,15,18H,2-9,11-12H2,1H3,(H2,22,23,24,25);12H,4-11,13H2,1-3H3,(H,22,23,24);6-8H,2-5H2,1H3. The molecule has 0 saturated carbocycles. The van der Waals surface area contributed by atoms with Crippen LogP contribution in [0.1, 0.15) is 83.0 Å². The van der Waals surface area contributed by atoms with E-state index < -0.39 is 32.3 Å². The minimum Gasteiger partial charge on any atom is -0.359 e. The first-order valence-corrected chi connectivity index (χ1v) is 32.8. The van der Waals surface area contributed by atoms with Crippen LogP contribution in [0.4, 0.5) is 23.3 Å². The topological polar surface area (TPSA) is 196 Å². The first kappa shape index (κ1) is 49.1. The lowest BCUT2D eigenvalue weighted by Gasteiger charge is -2.19. The van der Waals surface area contributed by atoms with E-state index in [2.05, 4.69) is 96.9 Å². The van der Waals surface area contributed by atoms with Gasteiger partial charge in [-0.05, 0) is 186 Å². The number of likely N-dealkylation sites (tertiary alicyclic amines) is 2. The number of ether oxygens (including phenoxy) is 1. The van der Waals surface area contributed by atoms with Gasteiger partial charge in [-0.1, -0.05) is 31.8 Å². The number of fused-ring (bicyclic) bond motifs is 6. The summed E-state index contributed by atoms with van der Waals surface area (Å²) < 4.78 is 58.9. The summed E-state index contributed by atoms with van der Waals surface area (Å²) >= 11 is 0. The van der Waals surface area contributed by atoms with Crippen LogP contribution in [0.3, 0.4) is 0 Å². The second-order valence-electron chi connectivity index (χ2n) is 21.9. The number of aromatic nitrogens is 6. The van der Waals surface area contributed by atoms with E-state index in [1.54, 1.807) is 4.31 Å². The molecule has 2 aromatic heterocycles. The van der Waals surface area contributed by atoms with E-state index in [-0.39, 0.29) is 11.9 Å². The fraction of sp³-hybridized carbons (Fsp3) is 0.667. The number of nitrogens with one attached hydrogen (secondary N) is 4. The molecule has 4 fully saturated rings. The minimum absolute atomic E-state index is 0.0585. The molecular weight excluding hydrogens is 952 g/mol. The third kappa shape index (κ3) is 10.4. The fourth-order valence-electron chi connectivity index (χ4n) is 12.2. The van der Waals surface area contributed by atoms with E-state index in [1.165, 1.54) is 88.1 Å². The van der Waals surface area contributed by atoms with E-state index >= 15 is 0 Å². The van der Waals surface area contributed by atoms with Gasteiger partial charge in [0.05, 0.1) is 0 Å². The number of H-pyrrole nitrogens is 1. The molecule has 12 rings (SSSR count). The van der Waals surface area contributed by atoms with Gasteiger partial charge in [-0.25, -0.2) is 26.6 Å². The molecule has 4 N–H and O–H groups in total. The van der Waals surface area contributed by atoms with E-state index in [4.69, 9.17) is 15.4 Å². The van der Waals surface area contributed by atoms with Crippen molar-refractivity contribution in [2.24, 2.45) is 11.8 Å². The predicted molar refractivity (Wildman–Crippen MR) is 272 cm³/mol. The fourth-order valence-corrected chi connectivity index (χ4v) is 14.9. The molecule has 8 aliphatic rings. The lowest BCUT2D eigenvalue weighted by atomic mass is 9.99. The Labute approximate surface area is 413 Å². The van der Waals surface area contributed by atoms with Crippen molar-refractivity contribution in [2.45, 2.75) is 145 Å². The molecule has 4 saturated heterocycles. The summed E-state index contributed by atoms with van der Waals surface area (Å²) in [6, 6.07) is 6.93. The van der Waals surface area contributed by atoms with Crippen molar-refractivity contribution in [3.05, 3.63) is 56.6 Å². The van der Waals surface area contributed by atoms with Crippen molar-refractivity contribution >= 4 is 61.1 Å². The molecule has 6 heterocycles. The van der Waals surface area contributed by atoms with Crippen molar-refractivity contribution in [3.63, 3.8) is 0 Å². The van der Waals surface area contributed by atoms with Crippen molar-refractivity contribution < 1.29 is 21.6 Å². The molecule has 0 bridgehead atoms. The Morgan fingerprint density at radius 1 is 0.739 bits per heavy atom. The maximum Gasteiger partial charge on any atom is 0.298 e. The largest absolute Gasteiger partial charge is 0.359 e. The molecule has 4 unspecified atom stereocenters. The predicted octanol–water partition coefficient (Wildman–Crippen LogP) is 6.00. The van der Waals surface area contributed by atoms with Crippen LogP contribution in [-0.4, -0.2) is 141 Å². The van der Waals surface area contributed by atoms with Gasteiger partial charge >= 0.3 is 0 Å². The highest BCUT2D eigenvalue weighted by atomic mass is 35.7. The number of hydrogen-bond donors (Lipinski definition) is 4. The zero-order valence-corrected chi connectivity index (χ0v) is 44.4. The third-order valence-electron chi connectivity index (χ3n) is 16.1. The van der Waals surface area contributed by atoms with Crippen molar-refractivity contribution in [3.8, 4) is 0 Å². The van der Waals surface area contributed by atoms with Gasteiger partial charge in [0.2, 0.25) is 11.9 Å². The first-order chi connectivity index (χ1) is 33.0. The number of sulfonamides is 1. The van der Waals surface area contributed by atoms with Gasteiger partial charge in [0.15, 0.2) is 0 Å². The van der Waals surface area contributed by atoms with Gasteiger partial charge in [-0.3, -0.25) is 0 Å². The Morgan fingerprint density at radius 3 is 1.86 bits per heavy atom. The summed E-state index contributed by atoms with van der Waals surface area (Å²) in [5.41, 5.74) is 13.2. The molecule has 17 nitrogen and oxygen atoms in total. The highest BCUT2D eigenvalue weighted by Crippen LogP contribution is 2.42. The number of aryl methyl sites for hydroxylation is 4. The normalized spacial score (nSPS) is 24.0. The van der Waals surface area contributed by atoms with Gasteiger partial charge in [-0.15, -0.1) is 10.2 Å². The van der Waals surface area contributed by atoms with Gasteiger partial charge in [0.1, 0.15) is 6.73 Å². The van der Waals surface area contributed by atoms with Crippen LogP contribution in [0.25, 0.3) is 0 Å². The number of likely N-dealkylation sites (N-methyl/N-ethyl adjacent to an activating group) is 2. The molecule has 0 spiro atoms. The number of halogens is 1. The van der Waals surface area contributed by atoms with E-state index in [9.17, 15) is 16.8 Å². The molecule has 4 aromatic rings. The van der Waals surface area contributed by atoms with Crippen LogP contribution in [0.2, 0.25) is 25.7 Å². The Kier molecular flexibility index (Phi) is 14.1. The van der Waals surface area contributed by atoms with Crippen molar-refractivity contribution in [2.75, 3.05) is 70.6 Å². The Bertz CT molecular complexity index is 2720. The zero-order chi connectivity index (χ0) is 48.2. The maximum absolute atomic E-state index is 13.2. The van der Waals surface area contributed by atoms with E-state index in [0.717, 1.165) is 107 Å².